The average Bonchev–Trinajstić information content (AvgIpc) is 4.02. The van der Waals surface area contributed by atoms with Gasteiger partial charge in [0.2, 0.25) is 0 Å². The maximum atomic E-state index is 13.4. The Labute approximate surface area is 327 Å². The third-order valence-corrected chi connectivity index (χ3v) is 11.4. The summed E-state index contributed by atoms with van der Waals surface area (Å²) in [7, 11) is -5.24. The molecule has 0 aliphatic carbocycles. The number of rotatable bonds is 19. The van der Waals surface area contributed by atoms with E-state index in [1.54, 1.807) is 18.2 Å². The molecule has 0 saturated carbocycles. The summed E-state index contributed by atoms with van der Waals surface area (Å²) in [6.45, 7) is 15.0. The Bertz CT molecular complexity index is 1880. The van der Waals surface area contributed by atoms with Gasteiger partial charge in [-0.2, -0.15) is 15.3 Å². The summed E-state index contributed by atoms with van der Waals surface area (Å²) < 4.78 is 44.8. The molecule has 0 radical (unpaired) electrons. The van der Waals surface area contributed by atoms with Crippen molar-refractivity contribution in [3.8, 4) is 33.8 Å². The highest BCUT2D eigenvalue weighted by Gasteiger charge is 2.47. The number of hydrogen-bond acceptors (Lipinski definition) is 6. The van der Waals surface area contributed by atoms with Crippen LogP contribution in [0.1, 0.15) is 79.1 Å². The molecule has 0 aliphatic rings. The summed E-state index contributed by atoms with van der Waals surface area (Å²) in [6, 6.07) is 32.8. The fraction of sp³-hybridized carbons (Fsp3) is 0.386. The lowest BCUT2D eigenvalue weighted by atomic mass is 10.1. The van der Waals surface area contributed by atoms with Crippen LogP contribution in [0.25, 0.3) is 33.8 Å². The van der Waals surface area contributed by atoms with Crippen molar-refractivity contribution >= 4 is 10.1 Å². The third-order valence-electron chi connectivity index (χ3n) is 10.2. The molecule has 6 aromatic rings. The van der Waals surface area contributed by atoms with E-state index in [1.807, 2.05) is 91.0 Å². The first-order valence-corrected chi connectivity index (χ1v) is 21.3. The van der Waals surface area contributed by atoms with Crippen molar-refractivity contribution in [3.63, 3.8) is 0 Å². The lowest BCUT2D eigenvalue weighted by Gasteiger charge is -2.39. The van der Waals surface area contributed by atoms with Gasteiger partial charge in [0.25, 0.3) is 0 Å². The van der Waals surface area contributed by atoms with Crippen LogP contribution in [0.4, 0.5) is 0 Å². The Kier molecular flexibility index (Phi) is 14.8. The number of quaternary nitrogens is 1. The largest absolute Gasteiger partial charge is 0.743 e. The number of hydrogen-bond donors (Lipinski definition) is 0. The van der Waals surface area contributed by atoms with Gasteiger partial charge in [0.15, 0.2) is 10.1 Å². The fourth-order valence-electron chi connectivity index (χ4n) is 7.05. The normalized spacial score (nSPS) is 12.0. The van der Waals surface area contributed by atoms with Gasteiger partial charge in [0.05, 0.1) is 43.3 Å². The van der Waals surface area contributed by atoms with Crippen molar-refractivity contribution in [1.82, 2.24) is 29.3 Å². The molecular weight excluding hydrogens is 707 g/mol. The zero-order valence-electron chi connectivity index (χ0n) is 32.9. The standard InChI is InChI=1S/C28H22N6O3S.C16H36N/c35-38(36,37)28(32-19-16-25(29-32)22-10-4-1-5-11-22,33-20-17-26(30-33)23-12-6-2-7-13-23)34-21-18-27(31-34)24-14-8-3-9-15-24;1-5-9-13-17(14-10-6-2,15-11-7-3)16-12-8-4/h1-21H,(H,35,36,37);5-16H2,1-4H3/q;+1/p-1. The third kappa shape index (κ3) is 9.89. The molecule has 11 heteroatoms. The van der Waals surface area contributed by atoms with Gasteiger partial charge in [0, 0.05) is 35.3 Å². The van der Waals surface area contributed by atoms with E-state index in [0.717, 1.165) is 30.7 Å². The van der Waals surface area contributed by atoms with Crippen LogP contribution < -0.4 is 0 Å². The van der Waals surface area contributed by atoms with Gasteiger partial charge in [-0.05, 0) is 43.9 Å². The molecule has 0 N–H and O–H groups in total. The molecular formula is C44H57N7O3S. The second kappa shape index (κ2) is 19.7. The van der Waals surface area contributed by atoms with Crippen molar-refractivity contribution in [2.45, 2.75) is 84.2 Å². The van der Waals surface area contributed by atoms with Gasteiger partial charge in [-0.25, -0.2) is 22.5 Å². The van der Waals surface area contributed by atoms with Gasteiger partial charge in [-0.15, -0.1) is 0 Å². The first kappa shape index (κ1) is 41.3. The number of unbranched alkanes of at least 4 members (excludes halogenated alkanes) is 4. The molecule has 3 aromatic heterocycles. The molecule has 0 fully saturated rings. The Hall–Kier alpha value is -4.84. The molecule has 0 atom stereocenters. The Morgan fingerprint density at radius 3 is 1.00 bits per heavy atom. The van der Waals surface area contributed by atoms with E-state index >= 15 is 0 Å². The maximum Gasteiger partial charge on any atom is 0.343 e. The molecule has 3 heterocycles. The van der Waals surface area contributed by atoms with Crippen LogP contribution in [0.2, 0.25) is 0 Å². The van der Waals surface area contributed by atoms with Crippen LogP contribution in [-0.2, 0) is 15.2 Å². The van der Waals surface area contributed by atoms with Gasteiger partial charge >= 0.3 is 5.12 Å². The molecule has 0 amide bonds. The predicted molar refractivity (Wildman–Crippen MR) is 221 cm³/mol. The van der Waals surface area contributed by atoms with E-state index < -0.39 is 15.2 Å². The van der Waals surface area contributed by atoms with Crippen molar-refractivity contribution in [3.05, 3.63) is 128 Å². The summed E-state index contributed by atoms with van der Waals surface area (Å²) in [5.41, 5.74) is 3.76. The zero-order valence-corrected chi connectivity index (χ0v) is 33.7. The van der Waals surface area contributed by atoms with Crippen LogP contribution >= 0.6 is 0 Å². The Morgan fingerprint density at radius 2 is 0.764 bits per heavy atom. The highest BCUT2D eigenvalue weighted by molar-refractivity contribution is 7.86. The quantitative estimate of drug-likeness (QED) is 0.0601. The van der Waals surface area contributed by atoms with E-state index in [4.69, 9.17) is 0 Å². The number of nitrogens with zero attached hydrogens (tertiary/aromatic N) is 7. The topological polar surface area (TPSA) is 111 Å². The van der Waals surface area contributed by atoms with Crippen LogP contribution in [0.3, 0.4) is 0 Å². The van der Waals surface area contributed by atoms with Gasteiger partial charge in [-0.1, -0.05) is 144 Å². The average molecular weight is 764 g/mol. The zero-order chi connectivity index (χ0) is 39.2. The summed E-state index contributed by atoms with van der Waals surface area (Å²) in [5.74, 6) is 0. The van der Waals surface area contributed by atoms with Crippen LogP contribution in [0.5, 0.6) is 0 Å². The first-order chi connectivity index (χ1) is 26.7. The van der Waals surface area contributed by atoms with Crippen LogP contribution in [-0.4, -0.2) is 73.0 Å². The first-order valence-electron chi connectivity index (χ1n) is 19.9. The molecule has 0 aliphatic heterocycles. The van der Waals surface area contributed by atoms with Gasteiger partial charge in [-0.3, -0.25) is 0 Å². The summed E-state index contributed by atoms with van der Waals surface area (Å²) in [4.78, 5) is 0. The molecule has 0 spiro atoms. The van der Waals surface area contributed by atoms with E-state index in [9.17, 15) is 13.0 Å². The lowest BCUT2D eigenvalue weighted by molar-refractivity contribution is -0.929. The van der Waals surface area contributed by atoms with Crippen LogP contribution in [0.15, 0.2) is 128 Å². The van der Waals surface area contributed by atoms with Crippen molar-refractivity contribution in [2.75, 3.05) is 26.2 Å². The SMILES string of the molecule is CCCC[N+](CCCC)(CCCC)CCCC.O=S(=O)([O-])C(n1ccc(-c2ccccc2)n1)(n1ccc(-c2ccccc2)n1)n1ccc(-c2ccccc2)n1. The Balaban J connectivity index is 0.000000290. The molecule has 55 heavy (non-hydrogen) atoms. The molecule has 0 bridgehead atoms. The summed E-state index contributed by atoms with van der Waals surface area (Å²) in [6.07, 6.45) is 15.4. The van der Waals surface area contributed by atoms with Crippen molar-refractivity contribution < 1.29 is 17.5 Å². The number of aromatic nitrogens is 6. The molecule has 3 aromatic carbocycles. The second-order valence-electron chi connectivity index (χ2n) is 14.2. The lowest BCUT2D eigenvalue weighted by Crippen LogP contribution is -2.55. The highest BCUT2D eigenvalue weighted by atomic mass is 32.2. The minimum atomic E-state index is -5.24. The monoisotopic (exact) mass is 763 g/mol. The van der Waals surface area contributed by atoms with Crippen molar-refractivity contribution in [1.29, 1.82) is 0 Å². The van der Waals surface area contributed by atoms with Crippen molar-refractivity contribution in [2.24, 2.45) is 0 Å². The molecule has 0 saturated heterocycles. The Morgan fingerprint density at radius 1 is 0.491 bits per heavy atom. The van der Waals surface area contributed by atoms with Gasteiger partial charge in [0.1, 0.15) is 0 Å². The van der Waals surface area contributed by atoms with Gasteiger partial charge < -0.3 is 9.04 Å². The smallest absolute Gasteiger partial charge is 0.343 e. The van der Waals surface area contributed by atoms with E-state index in [0.29, 0.717) is 17.1 Å². The minimum Gasteiger partial charge on any atom is -0.743 e. The highest BCUT2D eigenvalue weighted by Crippen LogP contribution is 2.32. The van der Waals surface area contributed by atoms with E-state index in [2.05, 4.69) is 43.0 Å². The van der Waals surface area contributed by atoms with E-state index in [1.165, 1.54) is 101 Å². The minimum absolute atomic E-state index is 0.490. The molecule has 0 unspecified atom stereocenters. The molecule has 292 valence electrons. The maximum absolute atomic E-state index is 13.4. The second-order valence-corrected chi connectivity index (χ2v) is 15.7. The number of benzene rings is 3. The molecule has 10 nitrogen and oxygen atoms in total. The fourth-order valence-corrected chi connectivity index (χ4v) is 8.04. The summed E-state index contributed by atoms with van der Waals surface area (Å²) >= 11 is 0. The van der Waals surface area contributed by atoms with Crippen LogP contribution in [0, 0.1) is 0 Å². The summed E-state index contributed by atoms with van der Waals surface area (Å²) in [5, 5.41) is 11.2. The molecule has 6 rings (SSSR count). The predicted octanol–water partition coefficient (Wildman–Crippen LogP) is 9.49. The van der Waals surface area contributed by atoms with E-state index in [-0.39, 0.29) is 0 Å².